The topological polar surface area (TPSA) is 117 Å². The number of carbonyl (C=O) groups excluding carboxylic acids is 2. The molecule has 0 saturated carbocycles. The number of nitro groups is 1. The van der Waals surface area contributed by atoms with E-state index in [0.717, 1.165) is 5.56 Å². The molecule has 2 aromatic carbocycles. The van der Waals surface area contributed by atoms with Crippen LogP contribution in [0.4, 0.5) is 11.4 Å². The van der Waals surface area contributed by atoms with E-state index in [2.05, 4.69) is 5.32 Å². The van der Waals surface area contributed by atoms with Crippen molar-refractivity contribution in [2.24, 2.45) is 0 Å². The number of carbonyl (C=O) groups is 2. The number of rotatable bonds is 8. The van der Waals surface area contributed by atoms with Crippen LogP contribution in [-0.4, -0.2) is 37.6 Å². The summed E-state index contributed by atoms with van der Waals surface area (Å²) in [5.74, 6) is -0.629. The minimum atomic E-state index is -0.694. The molecular formula is C20H20N2O7. The maximum Gasteiger partial charge on any atom is 0.331 e. The van der Waals surface area contributed by atoms with Crippen molar-refractivity contribution in [3.8, 4) is 11.5 Å². The van der Waals surface area contributed by atoms with Gasteiger partial charge in [0.05, 0.1) is 19.1 Å². The molecule has 0 saturated heterocycles. The molecule has 29 heavy (non-hydrogen) atoms. The minimum Gasteiger partial charge on any atom is -0.497 e. The molecule has 0 radical (unpaired) electrons. The third kappa shape index (κ3) is 6.06. The summed E-state index contributed by atoms with van der Waals surface area (Å²) < 4.78 is 15.0. The molecule has 0 aliphatic heterocycles. The Hall–Kier alpha value is -3.88. The van der Waals surface area contributed by atoms with E-state index in [-0.39, 0.29) is 11.4 Å². The van der Waals surface area contributed by atoms with E-state index in [1.165, 1.54) is 38.5 Å². The lowest BCUT2D eigenvalue weighted by Crippen LogP contribution is -2.20. The zero-order valence-electron chi connectivity index (χ0n) is 16.1. The monoisotopic (exact) mass is 400 g/mol. The third-order valence-corrected chi connectivity index (χ3v) is 3.85. The fourth-order valence-corrected chi connectivity index (χ4v) is 2.39. The summed E-state index contributed by atoms with van der Waals surface area (Å²) in [6.45, 7) is 1.09. The van der Waals surface area contributed by atoms with E-state index in [1.54, 1.807) is 31.2 Å². The number of nitrogens with one attached hydrogen (secondary N) is 1. The van der Waals surface area contributed by atoms with Crippen molar-refractivity contribution in [3.05, 3.63) is 63.7 Å². The summed E-state index contributed by atoms with van der Waals surface area (Å²) >= 11 is 0. The maximum absolute atomic E-state index is 12.0. The zero-order chi connectivity index (χ0) is 21.4. The molecule has 1 N–H and O–H groups in total. The van der Waals surface area contributed by atoms with Gasteiger partial charge in [0.2, 0.25) is 0 Å². The van der Waals surface area contributed by atoms with Crippen LogP contribution < -0.4 is 14.8 Å². The van der Waals surface area contributed by atoms with Crippen molar-refractivity contribution in [2.75, 3.05) is 26.1 Å². The van der Waals surface area contributed by atoms with Crippen molar-refractivity contribution in [1.82, 2.24) is 0 Å². The Balaban J connectivity index is 1.95. The lowest BCUT2D eigenvalue weighted by Gasteiger charge is -2.10. The van der Waals surface area contributed by atoms with Crippen molar-refractivity contribution in [2.45, 2.75) is 6.92 Å². The normalized spacial score (nSPS) is 10.4. The van der Waals surface area contributed by atoms with Gasteiger partial charge in [0, 0.05) is 23.9 Å². The van der Waals surface area contributed by atoms with E-state index in [1.807, 2.05) is 0 Å². The van der Waals surface area contributed by atoms with Crippen LogP contribution in [-0.2, 0) is 14.3 Å². The molecule has 9 nitrogen and oxygen atoms in total. The fourth-order valence-electron chi connectivity index (χ4n) is 2.39. The number of hydrogen-bond donors (Lipinski definition) is 1. The first-order chi connectivity index (χ1) is 13.8. The highest BCUT2D eigenvalue weighted by molar-refractivity contribution is 5.95. The SMILES string of the molecule is COc1cccc(/C=C/C(=O)OCC(=O)Nc2cc(OC)c([N+](=O)[O-])cc2C)c1. The molecule has 1 amide bonds. The van der Waals surface area contributed by atoms with Crippen LogP contribution in [0.5, 0.6) is 11.5 Å². The average molecular weight is 400 g/mol. The van der Waals surface area contributed by atoms with Gasteiger partial charge in [-0.25, -0.2) is 4.79 Å². The first-order valence-electron chi connectivity index (χ1n) is 8.45. The molecule has 0 aliphatic rings. The van der Waals surface area contributed by atoms with Gasteiger partial charge in [0.15, 0.2) is 12.4 Å². The van der Waals surface area contributed by atoms with Gasteiger partial charge in [0.1, 0.15) is 5.75 Å². The van der Waals surface area contributed by atoms with E-state index < -0.39 is 23.4 Å². The highest BCUT2D eigenvalue weighted by Crippen LogP contribution is 2.32. The summed E-state index contributed by atoms with van der Waals surface area (Å²) in [5.41, 5.74) is 1.31. The van der Waals surface area contributed by atoms with Crippen LogP contribution in [0.15, 0.2) is 42.5 Å². The molecule has 0 bridgehead atoms. The predicted molar refractivity (Wildman–Crippen MR) is 106 cm³/mol. The second-order valence-electron chi connectivity index (χ2n) is 5.86. The Morgan fingerprint density at radius 3 is 2.59 bits per heavy atom. The molecule has 2 rings (SSSR count). The van der Waals surface area contributed by atoms with Gasteiger partial charge in [-0.3, -0.25) is 14.9 Å². The van der Waals surface area contributed by atoms with Crippen LogP contribution >= 0.6 is 0 Å². The quantitative estimate of drug-likeness (QED) is 0.313. The number of nitro benzene ring substituents is 1. The molecule has 0 aromatic heterocycles. The Bertz CT molecular complexity index is 954. The van der Waals surface area contributed by atoms with Gasteiger partial charge in [-0.15, -0.1) is 0 Å². The van der Waals surface area contributed by atoms with E-state index in [0.29, 0.717) is 17.0 Å². The zero-order valence-corrected chi connectivity index (χ0v) is 16.1. The molecule has 0 spiro atoms. The Morgan fingerprint density at radius 1 is 1.17 bits per heavy atom. The van der Waals surface area contributed by atoms with Gasteiger partial charge < -0.3 is 19.5 Å². The molecule has 152 valence electrons. The van der Waals surface area contributed by atoms with Crippen LogP contribution in [0.1, 0.15) is 11.1 Å². The lowest BCUT2D eigenvalue weighted by molar-refractivity contribution is -0.385. The number of nitrogens with zero attached hydrogens (tertiary/aromatic N) is 1. The van der Waals surface area contributed by atoms with Crippen LogP contribution in [0.3, 0.4) is 0 Å². The highest BCUT2D eigenvalue weighted by Gasteiger charge is 2.18. The minimum absolute atomic E-state index is 0.00844. The first-order valence-corrected chi connectivity index (χ1v) is 8.45. The second-order valence-corrected chi connectivity index (χ2v) is 5.86. The molecular weight excluding hydrogens is 380 g/mol. The summed E-state index contributed by atoms with van der Waals surface area (Å²) in [7, 11) is 2.83. The fraction of sp³-hybridized carbons (Fsp3) is 0.200. The maximum atomic E-state index is 12.0. The van der Waals surface area contributed by atoms with Gasteiger partial charge in [-0.05, 0) is 36.3 Å². The van der Waals surface area contributed by atoms with Crippen LogP contribution in [0.25, 0.3) is 6.08 Å². The molecule has 0 atom stereocenters. The van der Waals surface area contributed by atoms with Crippen molar-refractivity contribution < 1.29 is 28.7 Å². The van der Waals surface area contributed by atoms with Crippen LogP contribution in [0.2, 0.25) is 0 Å². The van der Waals surface area contributed by atoms with Gasteiger partial charge >= 0.3 is 11.7 Å². The number of benzene rings is 2. The summed E-state index contributed by atoms with van der Waals surface area (Å²) in [6.07, 6.45) is 2.73. The van der Waals surface area contributed by atoms with Crippen molar-refractivity contribution in [3.63, 3.8) is 0 Å². The standard InChI is InChI=1S/C20H20N2O7/c1-13-9-17(22(25)26)18(28-3)11-16(13)21-19(23)12-29-20(24)8-7-14-5-4-6-15(10-14)27-2/h4-11H,12H2,1-3H3,(H,21,23)/b8-7+. The first kappa shape index (κ1) is 21.4. The van der Waals surface area contributed by atoms with Crippen LogP contribution in [0, 0.1) is 17.0 Å². The number of methoxy groups -OCH3 is 2. The molecule has 0 fully saturated rings. The van der Waals surface area contributed by atoms with E-state index in [9.17, 15) is 19.7 Å². The van der Waals surface area contributed by atoms with Gasteiger partial charge in [-0.1, -0.05) is 12.1 Å². The smallest absolute Gasteiger partial charge is 0.331 e. The van der Waals surface area contributed by atoms with Crippen molar-refractivity contribution in [1.29, 1.82) is 0 Å². The molecule has 9 heteroatoms. The molecule has 0 unspecified atom stereocenters. The average Bonchev–Trinajstić information content (AvgIpc) is 2.71. The van der Waals surface area contributed by atoms with Gasteiger partial charge in [-0.2, -0.15) is 0 Å². The Labute approximate surface area is 167 Å². The van der Waals surface area contributed by atoms with Gasteiger partial charge in [0.25, 0.3) is 5.91 Å². The summed E-state index contributed by atoms with van der Waals surface area (Å²) in [5, 5.41) is 13.5. The lowest BCUT2D eigenvalue weighted by atomic mass is 10.1. The molecule has 2 aromatic rings. The number of esters is 1. The highest BCUT2D eigenvalue weighted by atomic mass is 16.6. The number of hydrogen-bond acceptors (Lipinski definition) is 7. The predicted octanol–water partition coefficient (Wildman–Crippen LogP) is 3.12. The Kier molecular flexibility index (Phi) is 7.30. The second kappa shape index (κ2) is 9.88. The van der Waals surface area contributed by atoms with Crippen molar-refractivity contribution >= 4 is 29.3 Å². The Morgan fingerprint density at radius 2 is 1.93 bits per heavy atom. The number of ether oxygens (including phenoxy) is 3. The number of amides is 1. The molecule has 0 heterocycles. The van der Waals surface area contributed by atoms with E-state index in [4.69, 9.17) is 14.2 Å². The third-order valence-electron chi connectivity index (χ3n) is 3.85. The summed E-state index contributed by atoms with van der Waals surface area (Å²) in [4.78, 5) is 34.3. The number of anilines is 1. The van der Waals surface area contributed by atoms with E-state index >= 15 is 0 Å². The number of aryl methyl sites for hydroxylation is 1. The summed E-state index contributed by atoms with van der Waals surface area (Å²) in [6, 6.07) is 9.70. The molecule has 0 aliphatic carbocycles. The largest absolute Gasteiger partial charge is 0.497 e.